The average Bonchev–Trinajstić information content (AvgIpc) is 4.00. The fourth-order valence-corrected chi connectivity index (χ4v) is 11.6. The van der Waals surface area contributed by atoms with Crippen LogP contribution in [0, 0.1) is 0 Å². The summed E-state index contributed by atoms with van der Waals surface area (Å²) >= 11 is 0. The van der Waals surface area contributed by atoms with E-state index in [4.69, 9.17) is 0 Å². The highest BCUT2D eigenvalue weighted by molar-refractivity contribution is 6.27. The van der Waals surface area contributed by atoms with Crippen LogP contribution in [0.3, 0.4) is 0 Å². The van der Waals surface area contributed by atoms with Gasteiger partial charge in [0.2, 0.25) is 0 Å². The molecule has 0 unspecified atom stereocenters. The van der Waals surface area contributed by atoms with Gasteiger partial charge in [-0.2, -0.15) is 0 Å². The summed E-state index contributed by atoms with van der Waals surface area (Å²) in [5, 5.41) is 10.6. The van der Waals surface area contributed by atoms with E-state index >= 15 is 0 Å². The Bertz CT molecular complexity index is 3630. The molecule has 0 saturated carbocycles. The molecule has 1 nitrogen and oxygen atoms in total. The van der Waals surface area contributed by atoms with E-state index in [1.807, 2.05) is 0 Å². The van der Waals surface area contributed by atoms with Crippen molar-refractivity contribution >= 4 is 59.6 Å². The number of hydrogen-bond donors (Lipinski definition) is 0. The van der Waals surface area contributed by atoms with Crippen molar-refractivity contribution in [3.8, 4) is 33.4 Å². The van der Waals surface area contributed by atoms with Gasteiger partial charge in [-0.05, 0) is 119 Å². The molecular weight excluding hydrogens is 687 g/mol. The SMILES string of the molecule is c1ccc2c(c1)-c1ccccc1C21c2ccccc2-c2cc(-c3ccc4c(c3)c3cccc5c6cccc7c6c6c(cccc6c6ccccc6n4c53)C7)ccc21. The standard InChI is InChI=1S/C56H33N/c1-5-22-47-37(14-1)38-15-2-6-23-48(38)56(47)49-24-7-3-16-39(49)45-31-33(26-28-50(45)56)34-27-29-52-46(32-34)44-21-11-20-43-42-19-10-13-36-30-35-12-9-18-41(53(35)54(36)42)40-17-4-8-25-51(40)57(52)55(43)44/h1-29,31-32H,30H2. The Kier molecular flexibility index (Phi) is 5.56. The Morgan fingerprint density at radius 2 is 0.807 bits per heavy atom. The summed E-state index contributed by atoms with van der Waals surface area (Å²) in [5.41, 5.74) is 19.5. The van der Waals surface area contributed by atoms with Crippen molar-refractivity contribution in [2.24, 2.45) is 0 Å². The van der Waals surface area contributed by atoms with E-state index in [1.165, 1.54) is 126 Å². The van der Waals surface area contributed by atoms with E-state index in [1.54, 1.807) is 0 Å². The molecule has 11 aromatic rings. The van der Waals surface area contributed by atoms with Crippen molar-refractivity contribution in [1.29, 1.82) is 0 Å². The highest BCUT2D eigenvalue weighted by Gasteiger charge is 2.51. The van der Waals surface area contributed by atoms with Crippen LogP contribution in [0.25, 0.3) is 93.0 Å². The molecule has 2 heterocycles. The first-order chi connectivity index (χ1) is 28.3. The molecule has 57 heavy (non-hydrogen) atoms. The van der Waals surface area contributed by atoms with Crippen molar-refractivity contribution in [3.05, 3.63) is 221 Å². The zero-order valence-corrected chi connectivity index (χ0v) is 31.1. The molecule has 1 heteroatoms. The molecule has 3 aliphatic rings. The molecule has 14 rings (SSSR count). The monoisotopic (exact) mass is 719 g/mol. The molecule has 0 N–H and O–H groups in total. The molecule has 3 aliphatic carbocycles. The minimum atomic E-state index is -0.333. The molecule has 9 aromatic carbocycles. The number of hydrogen-bond acceptors (Lipinski definition) is 0. The Morgan fingerprint density at radius 3 is 1.51 bits per heavy atom. The fourth-order valence-electron chi connectivity index (χ4n) is 11.6. The molecule has 1 spiro atoms. The average molecular weight is 720 g/mol. The lowest BCUT2D eigenvalue weighted by molar-refractivity contribution is 0.794. The van der Waals surface area contributed by atoms with Crippen molar-refractivity contribution in [3.63, 3.8) is 0 Å². The van der Waals surface area contributed by atoms with Gasteiger partial charge < -0.3 is 4.40 Å². The predicted molar refractivity (Wildman–Crippen MR) is 238 cm³/mol. The summed E-state index contributed by atoms with van der Waals surface area (Å²) in [6, 6.07) is 71.5. The second-order valence-electron chi connectivity index (χ2n) is 16.3. The largest absolute Gasteiger partial charge is 0.308 e. The summed E-state index contributed by atoms with van der Waals surface area (Å²) in [6.45, 7) is 0. The molecule has 0 saturated heterocycles. The van der Waals surface area contributed by atoms with Gasteiger partial charge in [-0.15, -0.1) is 0 Å². The second-order valence-corrected chi connectivity index (χ2v) is 16.3. The van der Waals surface area contributed by atoms with E-state index in [2.05, 4.69) is 192 Å². The van der Waals surface area contributed by atoms with Crippen LogP contribution < -0.4 is 0 Å². The van der Waals surface area contributed by atoms with Crippen LogP contribution in [0.1, 0.15) is 33.4 Å². The highest BCUT2D eigenvalue weighted by Crippen LogP contribution is 2.63. The quantitative estimate of drug-likeness (QED) is 0.159. The van der Waals surface area contributed by atoms with Gasteiger partial charge in [0.05, 0.1) is 22.0 Å². The Balaban J connectivity index is 1.07. The van der Waals surface area contributed by atoms with Gasteiger partial charge in [0.15, 0.2) is 0 Å². The summed E-state index contributed by atoms with van der Waals surface area (Å²) in [4.78, 5) is 0. The maximum absolute atomic E-state index is 2.55. The zero-order valence-electron chi connectivity index (χ0n) is 31.1. The van der Waals surface area contributed by atoms with Crippen molar-refractivity contribution in [2.45, 2.75) is 11.8 Å². The van der Waals surface area contributed by atoms with Crippen LogP contribution >= 0.6 is 0 Å². The normalized spacial score (nSPS) is 14.0. The molecule has 262 valence electrons. The fraction of sp³-hybridized carbons (Fsp3) is 0.0357. The lowest BCUT2D eigenvalue weighted by Gasteiger charge is -2.30. The lowest BCUT2D eigenvalue weighted by Crippen LogP contribution is -2.25. The second kappa shape index (κ2) is 10.5. The maximum Gasteiger partial charge on any atom is 0.0725 e. The van der Waals surface area contributed by atoms with Gasteiger partial charge >= 0.3 is 0 Å². The van der Waals surface area contributed by atoms with Crippen molar-refractivity contribution < 1.29 is 0 Å². The van der Waals surface area contributed by atoms with Crippen molar-refractivity contribution in [2.75, 3.05) is 0 Å². The number of rotatable bonds is 1. The van der Waals surface area contributed by atoms with Crippen LogP contribution in [0.15, 0.2) is 188 Å². The number of aromatic nitrogens is 1. The molecule has 0 aliphatic heterocycles. The molecule has 0 bridgehead atoms. The van der Waals surface area contributed by atoms with Crippen LogP contribution in [0.2, 0.25) is 0 Å². The van der Waals surface area contributed by atoms with Crippen LogP contribution in [-0.2, 0) is 11.8 Å². The minimum absolute atomic E-state index is 0.333. The first-order valence-electron chi connectivity index (χ1n) is 20.1. The number of nitrogens with zero attached hydrogens (tertiary/aromatic N) is 1. The zero-order chi connectivity index (χ0) is 37.0. The number of para-hydroxylation sites is 2. The molecule has 0 fully saturated rings. The molecule has 0 amide bonds. The predicted octanol–water partition coefficient (Wildman–Crippen LogP) is 14.2. The minimum Gasteiger partial charge on any atom is -0.308 e. The first kappa shape index (κ1) is 30.1. The molecule has 2 aromatic heterocycles. The van der Waals surface area contributed by atoms with Crippen LogP contribution in [-0.4, -0.2) is 4.40 Å². The van der Waals surface area contributed by atoms with E-state index in [9.17, 15) is 0 Å². The maximum atomic E-state index is 2.55. The topological polar surface area (TPSA) is 4.41 Å². The molecule has 0 atom stereocenters. The van der Waals surface area contributed by atoms with E-state index in [0.29, 0.717) is 0 Å². The third-order valence-corrected chi connectivity index (χ3v) is 13.8. The Morgan fingerprint density at radius 1 is 0.333 bits per heavy atom. The van der Waals surface area contributed by atoms with Gasteiger partial charge in [-0.3, -0.25) is 0 Å². The van der Waals surface area contributed by atoms with Gasteiger partial charge in [-0.1, -0.05) is 164 Å². The smallest absolute Gasteiger partial charge is 0.0725 e. The summed E-state index contributed by atoms with van der Waals surface area (Å²) in [7, 11) is 0. The van der Waals surface area contributed by atoms with Gasteiger partial charge in [0.25, 0.3) is 0 Å². The van der Waals surface area contributed by atoms with Gasteiger partial charge in [0.1, 0.15) is 0 Å². The summed E-state index contributed by atoms with van der Waals surface area (Å²) in [5.74, 6) is 0. The third-order valence-electron chi connectivity index (χ3n) is 13.8. The van der Waals surface area contributed by atoms with E-state index < -0.39 is 0 Å². The van der Waals surface area contributed by atoms with Crippen LogP contribution in [0.5, 0.6) is 0 Å². The van der Waals surface area contributed by atoms with Crippen molar-refractivity contribution in [1.82, 2.24) is 4.40 Å². The molecule has 0 radical (unpaired) electrons. The van der Waals surface area contributed by atoms with Gasteiger partial charge in [-0.25, -0.2) is 0 Å². The Hall–Kier alpha value is -7.22. The number of fused-ring (bicyclic) bond motifs is 17. The molecular formula is C56H33N. The number of benzene rings is 9. The highest BCUT2D eigenvalue weighted by atomic mass is 14.9. The van der Waals surface area contributed by atoms with E-state index in [0.717, 1.165) is 6.42 Å². The van der Waals surface area contributed by atoms with Gasteiger partial charge in [0, 0.05) is 21.5 Å². The summed E-state index contributed by atoms with van der Waals surface area (Å²) < 4.78 is 2.55. The first-order valence-corrected chi connectivity index (χ1v) is 20.1. The van der Waals surface area contributed by atoms with Crippen LogP contribution in [0.4, 0.5) is 0 Å². The summed E-state index contributed by atoms with van der Waals surface area (Å²) in [6.07, 6.45) is 0.974. The Labute approximate surface area is 329 Å². The third kappa shape index (κ3) is 3.58. The lowest BCUT2D eigenvalue weighted by atomic mass is 9.70. The van der Waals surface area contributed by atoms with E-state index in [-0.39, 0.29) is 5.41 Å².